The third-order valence-electron chi connectivity index (χ3n) is 4.79. The standard InChI is InChI=1S/C22H18FNO2/c1-14(15-5-3-2-4-6-15)9-20(25)16-7-8-18-17(10-16)13-26-21-12-24-22(23)11-19(18)21/h2-8,10-12,14H,9,13H2,1H3/t14-/m0/s1. The number of hydrogen-bond acceptors (Lipinski definition) is 3. The molecule has 0 N–H and O–H groups in total. The molecule has 1 atom stereocenters. The molecule has 0 saturated heterocycles. The van der Waals surface area contributed by atoms with Crippen molar-refractivity contribution in [3.63, 3.8) is 0 Å². The van der Waals surface area contributed by atoms with Crippen LogP contribution in [0, 0.1) is 5.95 Å². The van der Waals surface area contributed by atoms with Crippen LogP contribution < -0.4 is 4.74 Å². The summed E-state index contributed by atoms with van der Waals surface area (Å²) in [6.45, 7) is 2.41. The Morgan fingerprint density at radius 2 is 1.96 bits per heavy atom. The van der Waals surface area contributed by atoms with Crippen LogP contribution in [-0.2, 0) is 6.61 Å². The van der Waals surface area contributed by atoms with Gasteiger partial charge in [0, 0.05) is 23.6 Å². The van der Waals surface area contributed by atoms with Gasteiger partial charge >= 0.3 is 0 Å². The molecule has 4 rings (SSSR count). The number of carbonyl (C=O) groups is 1. The molecule has 4 heteroatoms. The lowest BCUT2D eigenvalue weighted by atomic mass is 9.90. The van der Waals surface area contributed by atoms with Crippen LogP contribution in [0.15, 0.2) is 60.8 Å². The van der Waals surface area contributed by atoms with Gasteiger partial charge < -0.3 is 4.74 Å². The summed E-state index contributed by atoms with van der Waals surface area (Å²) in [6.07, 6.45) is 1.84. The van der Waals surface area contributed by atoms with E-state index in [-0.39, 0.29) is 11.7 Å². The largest absolute Gasteiger partial charge is 0.487 e. The molecule has 130 valence electrons. The molecule has 0 unspecified atom stereocenters. The molecule has 0 saturated carbocycles. The molecular formula is C22H18FNO2. The second-order valence-corrected chi connectivity index (χ2v) is 6.60. The van der Waals surface area contributed by atoms with Crippen molar-refractivity contribution in [2.75, 3.05) is 0 Å². The second-order valence-electron chi connectivity index (χ2n) is 6.60. The lowest BCUT2D eigenvalue weighted by Crippen LogP contribution is -2.10. The Bertz CT molecular complexity index is 969. The zero-order chi connectivity index (χ0) is 18.1. The van der Waals surface area contributed by atoms with Crippen LogP contribution in [0.25, 0.3) is 11.1 Å². The van der Waals surface area contributed by atoms with E-state index in [2.05, 4.69) is 11.9 Å². The number of benzene rings is 2. The van der Waals surface area contributed by atoms with Gasteiger partial charge in [0.2, 0.25) is 5.95 Å². The third kappa shape index (κ3) is 3.10. The molecule has 3 aromatic rings. The van der Waals surface area contributed by atoms with Crippen molar-refractivity contribution in [1.82, 2.24) is 4.98 Å². The quantitative estimate of drug-likeness (QED) is 0.483. The van der Waals surface area contributed by atoms with E-state index in [9.17, 15) is 9.18 Å². The minimum absolute atomic E-state index is 0.0934. The predicted molar refractivity (Wildman–Crippen MR) is 97.8 cm³/mol. The maximum absolute atomic E-state index is 13.5. The number of carbonyl (C=O) groups excluding carboxylic acids is 1. The molecule has 0 amide bonds. The highest BCUT2D eigenvalue weighted by molar-refractivity contribution is 5.97. The first-order valence-electron chi connectivity index (χ1n) is 8.61. The number of pyridine rings is 1. The molecule has 1 aromatic heterocycles. The molecule has 0 radical (unpaired) electrons. The highest BCUT2D eigenvalue weighted by Gasteiger charge is 2.21. The van der Waals surface area contributed by atoms with Crippen molar-refractivity contribution in [3.05, 3.63) is 83.4 Å². The Hall–Kier alpha value is -3.01. The van der Waals surface area contributed by atoms with Crippen molar-refractivity contribution in [3.8, 4) is 16.9 Å². The fourth-order valence-corrected chi connectivity index (χ4v) is 3.34. The zero-order valence-corrected chi connectivity index (χ0v) is 14.4. The molecule has 1 aliphatic heterocycles. The SMILES string of the molecule is C[C@@H](CC(=O)c1ccc2c(c1)COc1cnc(F)cc1-2)c1ccccc1. The monoisotopic (exact) mass is 347 g/mol. The molecule has 0 fully saturated rings. The van der Waals surface area contributed by atoms with Crippen LogP contribution >= 0.6 is 0 Å². The first-order chi connectivity index (χ1) is 12.6. The molecule has 2 heterocycles. The number of halogens is 1. The Balaban J connectivity index is 1.59. The van der Waals surface area contributed by atoms with Gasteiger partial charge in [-0.05, 0) is 28.7 Å². The zero-order valence-electron chi connectivity index (χ0n) is 14.4. The van der Waals surface area contributed by atoms with Gasteiger partial charge in [-0.3, -0.25) is 4.79 Å². The average molecular weight is 347 g/mol. The number of ketones is 1. The van der Waals surface area contributed by atoms with Gasteiger partial charge in [0.15, 0.2) is 5.78 Å². The van der Waals surface area contributed by atoms with E-state index in [4.69, 9.17) is 4.74 Å². The molecule has 2 aromatic carbocycles. The van der Waals surface area contributed by atoms with E-state index in [0.717, 1.165) is 16.7 Å². The maximum atomic E-state index is 13.5. The molecule has 0 spiro atoms. The number of ether oxygens (including phenoxy) is 1. The Kier molecular flexibility index (Phi) is 4.25. The summed E-state index contributed by atoms with van der Waals surface area (Å²) in [7, 11) is 0. The number of rotatable bonds is 4. The van der Waals surface area contributed by atoms with Crippen LogP contribution in [0.2, 0.25) is 0 Å². The van der Waals surface area contributed by atoms with Gasteiger partial charge in [-0.25, -0.2) is 4.98 Å². The maximum Gasteiger partial charge on any atom is 0.213 e. The van der Waals surface area contributed by atoms with Crippen LogP contribution in [-0.4, -0.2) is 10.8 Å². The molecule has 3 nitrogen and oxygen atoms in total. The minimum Gasteiger partial charge on any atom is -0.487 e. The predicted octanol–water partition coefficient (Wildman–Crippen LogP) is 5.16. The number of hydrogen-bond donors (Lipinski definition) is 0. The van der Waals surface area contributed by atoms with Crippen molar-refractivity contribution in [1.29, 1.82) is 0 Å². The van der Waals surface area contributed by atoms with Crippen LogP contribution in [0.3, 0.4) is 0 Å². The third-order valence-corrected chi connectivity index (χ3v) is 4.79. The minimum atomic E-state index is -0.544. The number of aromatic nitrogens is 1. The van der Waals surface area contributed by atoms with E-state index in [1.54, 1.807) is 0 Å². The number of fused-ring (bicyclic) bond motifs is 3. The Morgan fingerprint density at radius 1 is 1.15 bits per heavy atom. The van der Waals surface area contributed by atoms with Gasteiger partial charge in [0.05, 0.1) is 6.20 Å². The van der Waals surface area contributed by atoms with Crippen molar-refractivity contribution in [2.45, 2.75) is 25.9 Å². The summed E-state index contributed by atoms with van der Waals surface area (Å²) in [5.74, 6) is 0.264. The summed E-state index contributed by atoms with van der Waals surface area (Å²) < 4.78 is 19.1. The smallest absolute Gasteiger partial charge is 0.213 e. The van der Waals surface area contributed by atoms with E-state index < -0.39 is 5.95 Å². The summed E-state index contributed by atoms with van der Waals surface area (Å²) in [5, 5.41) is 0. The molecule has 0 bridgehead atoms. The van der Waals surface area contributed by atoms with Gasteiger partial charge in [0.25, 0.3) is 0 Å². The topological polar surface area (TPSA) is 39.2 Å². The van der Waals surface area contributed by atoms with E-state index in [1.807, 2.05) is 48.5 Å². The van der Waals surface area contributed by atoms with Crippen molar-refractivity contribution >= 4 is 5.78 Å². The van der Waals surface area contributed by atoms with Gasteiger partial charge in [-0.2, -0.15) is 4.39 Å². The van der Waals surface area contributed by atoms with E-state index in [0.29, 0.717) is 29.9 Å². The van der Waals surface area contributed by atoms with Crippen LogP contribution in [0.4, 0.5) is 4.39 Å². The Morgan fingerprint density at radius 3 is 2.77 bits per heavy atom. The summed E-state index contributed by atoms with van der Waals surface area (Å²) >= 11 is 0. The highest BCUT2D eigenvalue weighted by Crippen LogP contribution is 2.37. The van der Waals surface area contributed by atoms with Crippen molar-refractivity contribution in [2.24, 2.45) is 0 Å². The van der Waals surface area contributed by atoms with E-state index in [1.165, 1.54) is 12.3 Å². The van der Waals surface area contributed by atoms with E-state index >= 15 is 0 Å². The normalized spacial score (nSPS) is 13.3. The molecular weight excluding hydrogens is 329 g/mol. The summed E-state index contributed by atoms with van der Waals surface area (Å²) in [5.41, 5.74) is 4.27. The number of Topliss-reactive ketones (excluding diaryl/α,β-unsaturated/α-hetero) is 1. The summed E-state index contributed by atoms with van der Waals surface area (Å²) in [6, 6.07) is 16.9. The first-order valence-corrected chi connectivity index (χ1v) is 8.61. The highest BCUT2D eigenvalue weighted by atomic mass is 19.1. The number of nitrogens with zero attached hydrogens (tertiary/aromatic N) is 1. The fraction of sp³-hybridized carbons (Fsp3) is 0.182. The average Bonchev–Trinajstić information content (AvgIpc) is 2.68. The van der Waals surface area contributed by atoms with Gasteiger partial charge in [-0.1, -0.05) is 49.4 Å². The van der Waals surface area contributed by atoms with Crippen molar-refractivity contribution < 1.29 is 13.9 Å². The molecule has 1 aliphatic rings. The van der Waals surface area contributed by atoms with Gasteiger partial charge in [-0.15, -0.1) is 0 Å². The fourth-order valence-electron chi connectivity index (χ4n) is 3.34. The lowest BCUT2D eigenvalue weighted by Gasteiger charge is -2.21. The second kappa shape index (κ2) is 6.71. The van der Waals surface area contributed by atoms with Crippen LogP contribution in [0.1, 0.15) is 40.7 Å². The van der Waals surface area contributed by atoms with Gasteiger partial charge in [0.1, 0.15) is 12.4 Å². The molecule has 0 aliphatic carbocycles. The van der Waals surface area contributed by atoms with Crippen LogP contribution in [0.5, 0.6) is 5.75 Å². The first kappa shape index (κ1) is 16.5. The lowest BCUT2D eigenvalue weighted by molar-refractivity contribution is 0.0975. The molecule has 26 heavy (non-hydrogen) atoms. The summed E-state index contributed by atoms with van der Waals surface area (Å²) in [4.78, 5) is 16.3. The Labute approximate surface area is 151 Å².